The third-order valence-corrected chi connectivity index (χ3v) is 3.66. The molecule has 0 aliphatic rings. The van der Waals surface area contributed by atoms with E-state index in [9.17, 15) is 4.79 Å². The van der Waals surface area contributed by atoms with Gasteiger partial charge in [-0.15, -0.1) is 0 Å². The molecule has 0 atom stereocenters. The van der Waals surface area contributed by atoms with Gasteiger partial charge in [0.1, 0.15) is 12.4 Å². The number of amidine groups is 1. The van der Waals surface area contributed by atoms with E-state index in [1.165, 1.54) is 12.5 Å². The second-order valence-corrected chi connectivity index (χ2v) is 7.59. The fourth-order valence-electron chi connectivity index (χ4n) is 2.10. The maximum Gasteiger partial charge on any atom is 0.217 e. The minimum absolute atomic E-state index is 0.134. The van der Waals surface area contributed by atoms with Crippen LogP contribution in [-0.4, -0.2) is 30.5 Å². The molecule has 25 heavy (non-hydrogen) atoms. The Balaban J connectivity index is 2.32. The molecule has 1 rings (SSSR count). The first-order valence-electron chi connectivity index (χ1n) is 8.50. The zero-order valence-corrected chi connectivity index (χ0v) is 16.2. The van der Waals surface area contributed by atoms with Gasteiger partial charge in [0, 0.05) is 13.3 Å². The molecule has 6 nitrogen and oxygen atoms in total. The van der Waals surface area contributed by atoms with Crippen LogP contribution in [0.4, 0.5) is 0 Å². The van der Waals surface area contributed by atoms with Crippen molar-refractivity contribution in [3.8, 4) is 5.75 Å². The van der Waals surface area contributed by atoms with Gasteiger partial charge in [-0.25, -0.2) is 0 Å². The zero-order chi connectivity index (χ0) is 19.1. The molecule has 6 heteroatoms. The summed E-state index contributed by atoms with van der Waals surface area (Å²) in [5, 5.41) is 6.56. The Kier molecular flexibility index (Phi) is 7.27. The van der Waals surface area contributed by atoms with Crippen molar-refractivity contribution in [3.63, 3.8) is 0 Å². The van der Waals surface area contributed by atoms with Crippen molar-refractivity contribution < 1.29 is 14.4 Å². The Bertz CT molecular complexity index is 587. The molecule has 0 aliphatic heterocycles. The van der Waals surface area contributed by atoms with Crippen LogP contribution in [0.2, 0.25) is 0 Å². The van der Waals surface area contributed by atoms with E-state index in [0.717, 1.165) is 5.75 Å². The molecule has 1 aromatic rings. The maximum absolute atomic E-state index is 11.1. The molecule has 0 saturated heterocycles. The third-order valence-electron chi connectivity index (χ3n) is 3.66. The third kappa shape index (κ3) is 7.45. The van der Waals surface area contributed by atoms with Gasteiger partial charge < -0.3 is 20.6 Å². The standard InChI is InChI=1S/C19H31N3O3/c1-14(23)21-19(5,6)17(20)22-25-13-7-12-24-16-10-8-15(9-11-16)18(2,3)4/h8-11H,7,12-13H2,1-6H3,(H2,20,22)(H,21,23). The number of rotatable bonds is 8. The summed E-state index contributed by atoms with van der Waals surface area (Å²) in [7, 11) is 0. The predicted molar refractivity (Wildman–Crippen MR) is 101 cm³/mol. The number of oxime groups is 1. The largest absolute Gasteiger partial charge is 0.493 e. The number of hydrogen-bond acceptors (Lipinski definition) is 4. The number of carbonyl (C=O) groups excluding carboxylic acids is 1. The lowest BCUT2D eigenvalue weighted by Crippen LogP contribution is -2.52. The van der Waals surface area contributed by atoms with E-state index < -0.39 is 5.54 Å². The van der Waals surface area contributed by atoms with Gasteiger partial charge in [-0.3, -0.25) is 4.79 Å². The summed E-state index contributed by atoms with van der Waals surface area (Å²) in [5.41, 5.74) is 6.50. The van der Waals surface area contributed by atoms with Crippen LogP contribution in [0, 0.1) is 0 Å². The molecule has 1 aromatic carbocycles. The normalized spacial score (nSPS) is 12.6. The predicted octanol–water partition coefficient (Wildman–Crippen LogP) is 2.96. The van der Waals surface area contributed by atoms with Crippen molar-refractivity contribution in [1.82, 2.24) is 5.32 Å². The van der Waals surface area contributed by atoms with Crippen LogP contribution >= 0.6 is 0 Å². The molecule has 3 N–H and O–H groups in total. The highest BCUT2D eigenvalue weighted by atomic mass is 16.6. The Morgan fingerprint density at radius 2 is 1.72 bits per heavy atom. The molecule has 0 fully saturated rings. The summed E-state index contributed by atoms with van der Waals surface area (Å²) in [6, 6.07) is 8.13. The second kappa shape index (κ2) is 8.74. The van der Waals surface area contributed by atoms with E-state index in [2.05, 4.69) is 43.4 Å². The van der Waals surface area contributed by atoms with Crippen LogP contribution in [0.3, 0.4) is 0 Å². The molecular weight excluding hydrogens is 318 g/mol. The molecule has 0 bridgehead atoms. The van der Waals surface area contributed by atoms with E-state index in [4.69, 9.17) is 15.3 Å². The van der Waals surface area contributed by atoms with Crippen molar-refractivity contribution in [2.24, 2.45) is 10.9 Å². The van der Waals surface area contributed by atoms with Crippen molar-refractivity contribution >= 4 is 11.7 Å². The first-order chi connectivity index (χ1) is 11.5. The Labute approximate surface area is 150 Å². The Morgan fingerprint density at radius 1 is 1.12 bits per heavy atom. The molecule has 1 amide bonds. The summed E-state index contributed by atoms with van der Waals surface area (Å²) >= 11 is 0. The molecule has 0 saturated carbocycles. The quantitative estimate of drug-likeness (QED) is 0.327. The average molecular weight is 349 g/mol. The van der Waals surface area contributed by atoms with Crippen molar-refractivity contribution in [3.05, 3.63) is 29.8 Å². The van der Waals surface area contributed by atoms with E-state index >= 15 is 0 Å². The Hall–Kier alpha value is -2.24. The number of nitrogens with two attached hydrogens (primary N) is 1. The fourth-order valence-corrected chi connectivity index (χ4v) is 2.10. The number of carbonyl (C=O) groups is 1. The number of nitrogens with zero attached hydrogens (tertiary/aromatic N) is 1. The number of benzene rings is 1. The van der Waals surface area contributed by atoms with Gasteiger partial charge in [0.15, 0.2) is 5.84 Å². The highest BCUT2D eigenvalue weighted by Crippen LogP contribution is 2.24. The molecule has 0 unspecified atom stereocenters. The van der Waals surface area contributed by atoms with Crippen LogP contribution in [0.5, 0.6) is 5.75 Å². The maximum atomic E-state index is 11.1. The minimum Gasteiger partial charge on any atom is -0.493 e. The Morgan fingerprint density at radius 3 is 2.24 bits per heavy atom. The van der Waals surface area contributed by atoms with Crippen molar-refractivity contribution in [2.45, 2.75) is 58.9 Å². The minimum atomic E-state index is -0.739. The lowest BCUT2D eigenvalue weighted by Gasteiger charge is -2.24. The van der Waals surface area contributed by atoms with E-state index in [-0.39, 0.29) is 17.2 Å². The van der Waals surface area contributed by atoms with Gasteiger partial charge in [0.2, 0.25) is 5.91 Å². The smallest absolute Gasteiger partial charge is 0.217 e. The van der Waals surface area contributed by atoms with E-state index in [1.807, 2.05) is 12.1 Å². The fraction of sp³-hybridized carbons (Fsp3) is 0.579. The second-order valence-electron chi connectivity index (χ2n) is 7.59. The zero-order valence-electron chi connectivity index (χ0n) is 16.2. The number of hydrogen-bond donors (Lipinski definition) is 2. The summed E-state index contributed by atoms with van der Waals surface area (Å²) in [6.07, 6.45) is 0.679. The van der Waals surface area contributed by atoms with Crippen LogP contribution < -0.4 is 15.8 Å². The average Bonchev–Trinajstić information content (AvgIpc) is 2.48. The molecule has 0 spiro atoms. The van der Waals surface area contributed by atoms with Crippen molar-refractivity contribution in [1.29, 1.82) is 0 Å². The molecule has 140 valence electrons. The summed E-state index contributed by atoms with van der Waals surface area (Å²) in [4.78, 5) is 16.3. The first kappa shape index (κ1) is 20.8. The molecule has 0 heterocycles. The highest BCUT2D eigenvalue weighted by molar-refractivity contribution is 5.92. The van der Waals surface area contributed by atoms with Crippen LogP contribution in [-0.2, 0) is 15.0 Å². The van der Waals surface area contributed by atoms with Crippen LogP contribution in [0.1, 0.15) is 53.5 Å². The highest BCUT2D eigenvalue weighted by Gasteiger charge is 2.24. The molecular formula is C19H31N3O3. The van der Waals surface area contributed by atoms with E-state index in [0.29, 0.717) is 19.6 Å². The molecule has 0 aromatic heterocycles. The molecule has 0 radical (unpaired) electrons. The monoisotopic (exact) mass is 349 g/mol. The van der Waals surface area contributed by atoms with Gasteiger partial charge in [0.05, 0.1) is 12.1 Å². The van der Waals surface area contributed by atoms with Crippen molar-refractivity contribution in [2.75, 3.05) is 13.2 Å². The van der Waals surface area contributed by atoms with Gasteiger partial charge >= 0.3 is 0 Å². The summed E-state index contributed by atoms with van der Waals surface area (Å²) < 4.78 is 5.68. The SMILES string of the molecule is CC(=O)NC(C)(C)C(N)=NOCCCOc1ccc(C(C)(C)C)cc1. The lowest BCUT2D eigenvalue weighted by molar-refractivity contribution is -0.119. The van der Waals surface area contributed by atoms with E-state index in [1.54, 1.807) is 13.8 Å². The van der Waals surface area contributed by atoms with Gasteiger partial charge in [-0.05, 0) is 37.0 Å². The summed E-state index contributed by atoms with van der Waals surface area (Å²) in [5.74, 6) is 0.887. The first-order valence-corrected chi connectivity index (χ1v) is 8.50. The summed E-state index contributed by atoms with van der Waals surface area (Å²) in [6.45, 7) is 12.4. The lowest BCUT2D eigenvalue weighted by atomic mass is 9.87. The number of amides is 1. The van der Waals surface area contributed by atoms with Gasteiger partial charge in [-0.1, -0.05) is 38.1 Å². The van der Waals surface area contributed by atoms with Crippen LogP contribution in [0.15, 0.2) is 29.4 Å². The van der Waals surface area contributed by atoms with Crippen LogP contribution in [0.25, 0.3) is 0 Å². The number of ether oxygens (including phenoxy) is 1. The number of nitrogens with one attached hydrogen (secondary N) is 1. The topological polar surface area (TPSA) is 85.9 Å². The van der Waals surface area contributed by atoms with Gasteiger partial charge in [-0.2, -0.15) is 0 Å². The van der Waals surface area contributed by atoms with Gasteiger partial charge in [0.25, 0.3) is 0 Å². The molecule has 0 aliphatic carbocycles.